The molecule has 1 aromatic carbocycles. The normalized spacial score (nSPS) is 10.1. The van der Waals surface area contributed by atoms with Crippen molar-refractivity contribution in [3.05, 3.63) is 48.6 Å². The molecule has 0 heterocycles. The second-order valence-electron chi connectivity index (χ2n) is 2.81. The Hall–Kier alpha value is -2.03. The molecule has 0 fully saturated rings. The van der Waals surface area contributed by atoms with Crippen LogP contribution in [0.2, 0.25) is 0 Å². The average Bonchev–Trinajstić information content (AvgIpc) is 2.24. The summed E-state index contributed by atoms with van der Waals surface area (Å²) >= 11 is 0. The Bertz CT molecular complexity index is 380. The van der Waals surface area contributed by atoms with Gasteiger partial charge in [-0.1, -0.05) is 30.9 Å². The number of rotatable bonds is 5. The fourth-order valence-corrected chi connectivity index (χ4v) is 1.06. The number of aliphatic carboxylic acids is 1. The molecule has 0 amide bonds. The van der Waals surface area contributed by atoms with Gasteiger partial charge in [-0.15, -0.1) is 0 Å². The van der Waals surface area contributed by atoms with Crippen LogP contribution in [-0.4, -0.2) is 17.7 Å². The second kappa shape index (κ2) is 5.65. The van der Waals surface area contributed by atoms with Gasteiger partial charge in [-0.25, -0.2) is 4.79 Å². The quantitative estimate of drug-likeness (QED) is 0.591. The van der Waals surface area contributed by atoms with E-state index < -0.39 is 5.97 Å². The Kier molecular flexibility index (Phi) is 4.16. The van der Waals surface area contributed by atoms with Gasteiger partial charge in [-0.2, -0.15) is 0 Å². The first-order valence-electron chi connectivity index (χ1n) is 4.48. The molecule has 0 saturated heterocycles. The lowest BCUT2D eigenvalue weighted by molar-refractivity contribution is -0.131. The lowest BCUT2D eigenvalue weighted by atomic mass is 10.2. The van der Waals surface area contributed by atoms with Crippen LogP contribution < -0.4 is 4.74 Å². The van der Waals surface area contributed by atoms with E-state index in [0.717, 1.165) is 11.6 Å². The predicted octanol–water partition coefficient (Wildman–Crippen LogP) is 2.35. The fourth-order valence-electron chi connectivity index (χ4n) is 1.06. The number of ether oxygens (including phenoxy) is 1. The van der Waals surface area contributed by atoms with Crippen LogP contribution in [0.15, 0.2) is 43.0 Å². The zero-order valence-corrected chi connectivity index (χ0v) is 8.22. The number of carboxylic acids is 1. The molecule has 1 aromatic rings. The Morgan fingerprint density at radius 3 is 2.87 bits per heavy atom. The highest BCUT2D eigenvalue weighted by Crippen LogP contribution is 2.19. The van der Waals surface area contributed by atoms with Gasteiger partial charge in [0, 0.05) is 11.6 Å². The molecule has 0 bridgehead atoms. The number of hydrogen-bond donors (Lipinski definition) is 1. The van der Waals surface area contributed by atoms with Gasteiger partial charge in [-0.05, 0) is 12.1 Å². The van der Waals surface area contributed by atoms with Gasteiger partial charge in [-0.3, -0.25) is 0 Å². The molecule has 0 spiro atoms. The first-order valence-corrected chi connectivity index (χ1v) is 4.48. The van der Waals surface area contributed by atoms with Gasteiger partial charge in [0.1, 0.15) is 12.4 Å². The molecule has 0 aliphatic rings. The van der Waals surface area contributed by atoms with Gasteiger partial charge in [0.2, 0.25) is 0 Å². The number of carbonyl (C=O) groups is 1. The summed E-state index contributed by atoms with van der Waals surface area (Å²) in [6, 6.07) is 7.22. The summed E-state index contributed by atoms with van der Waals surface area (Å²) in [5.41, 5.74) is 0.738. The average molecular weight is 204 g/mol. The van der Waals surface area contributed by atoms with E-state index in [0.29, 0.717) is 12.4 Å². The van der Waals surface area contributed by atoms with Crippen molar-refractivity contribution in [2.45, 2.75) is 0 Å². The van der Waals surface area contributed by atoms with Crippen LogP contribution in [0.25, 0.3) is 6.08 Å². The lowest BCUT2D eigenvalue weighted by Crippen LogP contribution is -1.95. The molecule has 1 N–H and O–H groups in total. The molecule has 0 saturated carbocycles. The van der Waals surface area contributed by atoms with E-state index in [1.54, 1.807) is 18.2 Å². The topological polar surface area (TPSA) is 46.5 Å². The number of para-hydroxylation sites is 1. The summed E-state index contributed by atoms with van der Waals surface area (Å²) in [6.07, 6.45) is 4.22. The third-order valence-electron chi connectivity index (χ3n) is 1.68. The van der Waals surface area contributed by atoms with Crippen molar-refractivity contribution in [1.82, 2.24) is 0 Å². The van der Waals surface area contributed by atoms with Crippen LogP contribution >= 0.6 is 0 Å². The molecule has 1 rings (SSSR count). The summed E-state index contributed by atoms with van der Waals surface area (Å²) in [5.74, 6) is -0.330. The third kappa shape index (κ3) is 3.68. The maximum absolute atomic E-state index is 10.4. The standard InChI is InChI=1S/C12H12O3/c1-2-9-15-11-6-4-3-5-10(11)7-8-12(13)14/h2-8H,1,9H2,(H,13,14)/b8-7+. The van der Waals surface area contributed by atoms with Gasteiger partial charge >= 0.3 is 5.97 Å². The van der Waals surface area contributed by atoms with E-state index >= 15 is 0 Å². The molecule has 3 heteroatoms. The predicted molar refractivity (Wildman–Crippen MR) is 58.8 cm³/mol. The summed E-state index contributed by atoms with van der Waals surface area (Å²) in [4.78, 5) is 10.4. The van der Waals surface area contributed by atoms with Crippen molar-refractivity contribution in [2.75, 3.05) is 6.61 Å². The van der Waals surface area contributed by atoms with Crippen molar-refractivity contribution in [3.8, 4) is 5.75 Å². The summed E-state index contributed by atoms with van der Waals surface area (Å²) in [6.45, 7) is 3.94. The third-order valence-corrected chi connectivity index (χ3v) is 1.68. The van der Waals surface area contributed by atoms with Crippen molar-refractivity contribution in [1.29, 1.82) is 0 Å². The van der Waals surface area contributed by atoms with Gasteiger partial charge in [0.05, 0.1) is 0 Å². The van der Waals surface area contributed by atoms with Gasteiger partial charge in [0.25, 0.3) is 0 Å². The van der Waals surface area contributed by atoms with E-state index in [1.165, 1.54) is 6.08 Å². The van der Waals surface area contributed by atoms with Crippen LogP contribution in [0.3, 0.4) is 0 Å². The SMILES string of the molecule is C=CCOc1ccccc1/C=C/C(=O)O. The van der Waals surface area contributed by atoms with Crippen LogP contribution in [0.4, 0.5) is 0 Å². The molecule has 0 aromatic heterocycles. The zero-order chi connectivity index (χ0) is 11.1. The minimum Gasteiger partial charge on any atom is -0.489 e. The molecule has 0 atom stereocenters. The highest BCUT2D eigenvalue weighted by molar-refractivity contribution is 5.85. The lowest BCUT2D eigenvalue weighted by Gasteiger charge is -2.05. The first-order chi connectivity index (χ1) is 7.24. The minimum atomic E-state index is -0.978. The maximum atomic E-state index is 10.4. The van der Waals surface area contributed by atoms with E-state index in [1.807, 2.05) is 12.1 Å². The number of hydrogen-bond acceptors (Lipinski definition) is 2. The van der Waals surface area contributed by atoms with Crippen molar-refractivity contribution >= 4 is 12.0 Å². The fraction of sp³-hybridized carbons (Fsp3) is 0.0833. The van der Waals surface area contributed by atoms with Gasteiger partial charge < -0.3 is 9.84 Å². The van der Waals surface area contributed by atoms with E-state index in [-0.39, 0.29) is 0 Å². The first kappa shape index (κ1) is 11.0. The molecule has 0 aliphatic carbocycles. The Balaban J connectivity index is 2.85. The van der Waals surface area contributed by atoms with Crippen LogP contribution in [0.5, 0.6) is 5.75 Å². The Morgan fingerprint density at radius 1 is 1.47 bits per heavy atom. The molecular formula is C12H12O3. The van der Waals surface area contributed by atoms with E-state index in [4.69, 9.17) is 9.84 Å². The summed E-state index contributed by atoms with van der Waals surface area (Å²) in [5, 5.41) is 8.50. The highest BCUT2D eigenvalue weighted by atomic mass is 16.5. The highest BCUT2D eigenvalue weighted by Gasteiger charge is 1.98. The second-order valence-corrected chi connectivity index (χ2v) is 2.81. The smallest absolute Gasteiger partial charge is 0.328 e. The zero-order valence-electron chi connectivity index (χ0n) is 8.22. The van der Waals surface area contributed by atoms with Crippen molar-refractivity contribution < 1.29 is 14.6 Å². The van der Waals surface area contributed by atoms with Crippen LogP contribution in [-0.2, 0) is 4.79 Å². The van der Waals surface area contributed by atoms with Crippen LogP contribution in [0.1, 0.15) is 5.56 Å². The molecule has 3 nitrogen and oxygen atoms in total. The Labute approximate surface area is 88.3 Å². The summed E-state index contributed by atoms with van der Waals surface area (Å²) < 4.78 is 5.36. The summed E-state index contributed by atoms with van der Waals surface area (Å²) in [7, 11) is 0. The minimum absolute atomic E-state index is 0.401. The van der Waals surface area contributed by atoms with Crippen LogP contribution in [0, 0.1) is 0 Å². The van der Waals surface area contributed by atoms with E-state index in [9.17, 15) is 4.79 Å². The monoisotopic (exact) mass is 204 g/mol. The van der Waals surface area contributed by atoms with E-state index in [2.05, 4.69) is 6.58 Å². The Morgan fingerprint density at radius 2 is 2.20 bits per heavy atom. The number of carboxylic acid groups (broad SMARTS) is 1. The molecule has 0 radical (unpaired) electrons. The molecular weight excluding hydrogens is 192 g/mol. The molecule has 15 heavy (non-hydrogen) atoms. The largest absolute Gasteiger partial charge is 0.489 e. The molecule has 0 aliphatic heterocycles. The van der Waals surface area contributed by atoms with Crippen molar-refractivity contribution in [3.63, 3.8) is 0 Å². The van der Waals surface area contributed by atoms with Crippen molar-refractivity contribution in [2.24, 2.45) is 0 Å². The molecule has 78 valence electrons. The molecule has 0 unspecified atom stereocenters. The van der Waals surface area contributed by atoms with Gasteiger partial charge in [0.15, 0.2) is 0 Å². The maximum Gasteiger partial charge on any atom is 0.328 e. The number of benzene rings is 1.